The molecule has 0 saturated heterocycles. The zero-order valence-electron chi connectivity index (χ0n) is 10.6. The number of ether oxygens (including phenoxy) is 1. The Kier molecular flexibility index (Phi) is 5.67. The van der Waals surface area contributed by atoms with E-state index in [2.05, 4.69) is 27.9 Å². The van der Waals surface area contributed by atoms with Gasteiger partial charge in [-0.15, -0.1) is 0 Å². The molecule has 0 aliphatic heterocycles. The summed E-state index contributed by atoms with van der Waals surface area (Å²) >= 11 is 8.00. The molecular weight excluding hydrogens is 389 g/mol. The van der Waals surface area contributed by atoms with E-state index in [1.807, 2.05) is 24.3 Å². The van der Waals surface area contributed by atoms with Crippen molar-refractivity contribution in [2.24, 2.45) is 0 Å². The number of carbonyl (C=O) groups excluding carboxylic acids is 1. The minimum Gasteiger partial charge on any atom is -0.493 e. The molecule has 0 radical (unpaired) electrons. The van der Waals surface area contributed by atoms with Gasteiger partial charge >= 0.3 is 0 Å². The lowest BCUT2D eigenvalue weighted by Crippen LogP contribution is -2.15. The molecule has 0 aromatic heterocycles. The second-order valence-electron chi connectivity index (χ2n) is 4.11. The zero-order valence-corrected chi connectivity index (χ0v) is 13.5. The normalized spacial score (nSPS) is 10.1. The Balaban J connectivity index is 1.75. The Labute approximate surface area is 136 Å². The maximum absolute atomic E-state index is 11.7. The van der Waals surface area contributed by atoms with Gasteiger partial charge in [0.25, 0.3) is 0 Å². The van der Waals surface area contributed by atoms with E-state index in [1.54, 1.807) is 24.3 Å². The van der Waals surface area contributed by atoms with Crippen LogP contribution in [0.4, 0.5) is 5.69 Å². The summed E-state index contributed by atoms with van der Waals surface area (Å²) in [5.74, 6) is 0.636. The number of anilines is 1. The minimum absolute atomic E-state index is 0.0693. The van der Waals surface area contributed by atoms with Gasteiger partial charge < -0.3 is 10.1 Å². The molecule has 20 heavy (non-hydrogen) atoms. The fourth-order valence-corrected chi connectivity index (χ4v) is 2.03. The lowest BCUT2D eigenvalue weighted by molar-refractivity contribution is -0.116. The molecule has 5 heteroatoms. The summed E-state index contributed by atoms with van der Waals surface area (Å²) in [6, 6.07) is 14.7. The van der Waals surface area contributed by atoms with Crippen molar-refractivity contribution in [1.29, 1.82) is 0 Å². The highest BCUT2D eigenvalue weighted by atomic mass is 127. The first-order chi connectivity index (χ1) is 9.63. The van der Waals surface area contributed by atoms with Crippen molar-refractivity contribution in [3.8, 4) is 5.75 Å². The average Bonchev–Trinajstić information content (AvgIpc) is 2.44. The van der Waals surface area contributed by atoms with Crippen LogP contribution in [0.3, 0.4) is 0 Å². The Bertz CT molecular complexity index is 569. The summed E-state index contributed by atoms with van der Waals surface area (Å²) in [5, 5.41) is 3.48. The molecule has 0 fully saturated rings. The van der Waals surface area contributed by atoms with Gasteiger partial charge in [0, 0.05) is 14.3 Å². The Hall–Kier alpha value is -1.27. The molecular formula is C15H13ClINO2. The summed E-state index contributed by atoms with van der Waals surface area (Å²) in [5.41, 5.74) is 0.793. The van der Waals surface area contributed by atoms with Crippen molar-refractivity contribution >= 4 is 45.8 Å². The summed E-state index contributed by atoms with van der Waals surface area (Å²) in [6.45, 7) is 0.331. The number of nitrogens with one attached hydrogen (secondary N) is 1. The number of amides is 1. The highest BCUT2D eigenvalue weighted by molar-refractivity contribution is 14.1. The third kappa shape index (κ3) is 5.02. The Morgan fingerprint density at radius 1 is 1.10 bits per heavy atom. The lowest BCUT2D eigenvalue weighted by Gasteiger charge is -2.07. The van der Waals surface area contributed by atoms with Gasteiger partial charge in [0.2, 0.25) is 5.91 Å². The van der Waals surface area contributed by atoms with Crippen molar-refractivity contribution in [2.45, 2.75) is 6.42 Å². The van der Waals surface area contributed by atoms with Crippen LogP contribution in [0.15, 0.2) is 48.5 Å². The summed E-state index contributed by atoms with van der Waals surface area (Å²) in [4.78, 5) is 11.7. The summed E-state index contributed by atoms with van der Waals surface area (Å²) < 4.78 is 6.60. The van der Waals surface area contributed by atoms with Crippen LogP contribution in [-0.2, 0) is 4.79 Å². The van der Waals surface area contributed by atoms with Gasteiger partial charge in [-0.2, -0.15) is 0 Å². The molecule has 104 valence electrons. The monoisotopic (exact) mass is 401 g/mol. The van der Waals surface area contributed by atoms with Crippen molar-refractivity contribution in [2.75, 3.05) is 11.9 Å². The second-order valence-corrected chi connectivity index (χ2v) is 5.79. The molecule has 0 bridgehead atoms. The number of benzene rings is 2. The second kappa shape index (κ2) is 7.50. The predicted octanol–water partition coefficient (Wildman–Crippen LogP) is 4.35. The Morgan fingerprint density at radius 2 is 1.75 bits per heavy atom. The SMILES string of the molecule is O=C(CCOc1ccc(Cl)cc1)Nc1ccc(I)cc1. The van der Waals surface area contributed by atoms with Gasteiger partial charge in [-0.1, -0.05) is 11.6 Å². The van der Waals surface area contributed by atoms with Crippen molar-refractivity contribution in [3.63, 3.8) is 0 Å². The van der Waals surface area contributed by atoms with E-state index in [0.717, 1.165) is 9.26 Å². The van der Waals surface area contributed by atoms with Crippen molar-refractivity contribution in [3.05, 3.63) is 57.1 Å². The molecule has 0 atom stereocenters. The molecule has 1 N–H and O–H groups in total. The zero-order chi connectivity index (χ0) is 14.4. The van der Waals surface area contributed by atoms with Gasteiger partial charge in [0.15, 0.2) is 0 Å². The third-order valence-corrected chi connectivity index (χ3v) is 3.51. The van der Waals surface area contributed by atoms with Crippen LogP contribution < -0.4 is 10.1 Å². The number of rotatable bonds is 5. The van der Waals surface area contributed by atoms with Crippen LogP contribution >= 0.6 is 34.2 Å². The van der Waals surface area contributed by atoms with Gasteiger partial charge in [-0.05, 0) is 71.1 Å². The van der Waals surface area contributed by atoms with Crippen molar-refractivity contribution < 1.29 is 9.53 Å². The first-order valence-electron chi connectivity index (χ1n) is 6.07. The van der Waals surface area contributed by atoms with E-state index < -0.39 is 0 Å². The first kappa shape index (κ1) is 15.1. The topological polar surface area (TPSA) is 38.3 Å². The molecule has 2 aromatic rings. The maximum atomic E-state index is 11.7. The molecule has 0 heterocycles. The fourth-order valence-electron chi connectivity index (χ4n) is 1.55. The summed E-state index contributed by atoms with van der Waals surface area (Å²) in [7, 11) is 0. The number of halogens is 2. The van der Waals surface area contributed by atoms with E-state index >= 15 is 0 Å². The highest BCUT2D eigenvalue weighted by Crippen LogP contribution is 2.16. The number of hydrogen-bond acceptors (Lipinski definition) is 2. The number of hydrogen-bond donors (Lipinski definition) is 1. The van der Waals surface area contributed by atoms with Crippen LogP contribution in [0.25, 0.3) is 0 Å². The predicted molar refractivity (Wildman–Crippen MR) is 89.4 cm³/mol. The molecule has 0 aliphatic carbocycles. The molecule has 1 amide bonds. The Morgan fingerprint density at radius 3 is 2.40 bits per heavy atom. The molecule has 0 saturated carbocycles. The van der Waals surface area contributed by atoms with Gasteiger partial charge in [0.1, 0.15) is 5.75 Å². The highest BCUT2D eigenvalue weighted by Gasteiger charge is 2.03. The van der Waals surface area contributed by atoms with Crippen LogP contribution in [0.2, 0.25) is 5.02 Å². The number of carbonyl (C=O) groups is 1. The van der Waals surface area contributed by atoms with Crippen LogP contribution in [0, 0.1) is 3.57 Å². The molecule has 0 spiro atoms. The molecule has 2 rings (SSSR count). The van der Waals surface area contributed by atoms with Gasteiger partial charge in [0.05, 0.1) is 13.0 Å². The van der Waals surface area contributed by atoms with E-state index in [0.29, 0.717) is 23.8 Å². The molecule has 3 nitrogen and oxygen atoms in total. The smallest absolute Gasteiger partial charge is 0.227 e. The van der Waals surface area contributed by atoms with Crippen LogP contribution in [-0.4, -0.2) is 12.5 Å². The first-order valence-corrected chi connectivity index (χ1v) is 7.53. The molecule has 2 aromatic carbocycles. The average molecular weight is 402 g/mol. The van der Waals surface area contributed by atoms with Crippen LogP contribution in [0.5, 0.6) is 5.75 Å². The van der Waals surface area contributed by atoms with Gasteiger partial charge in [-0.3, -0.25) is 4.79 Å². The molecule has 0 unspecified atom stereocenters. The minimum atomic E-state index is -0.0693. The standard InChI is InChI=1S/C15H13ClINO2/c16-11-1-7-14(8-2-11)20-10-9-15(19)18-13-5-3-12(17)4-6-13/h1-8H,9-10H2,(H,18,19). The largest absolute Gasteiger partial charge is 0.493 e. The third-order valence-electron chi connectivity index (χ3n) is 2.54. The van der Waals surface area contributed by atoms with Crippen LogP contribution in [0.1, 0.15) is 6.42 Å². The van der Waals surface area contributed by atoms with E-state index in [-0.39, 0.29) is 5.91 Å². The summed E-state index contributed by atoms with van der Waals surface area (Å²) in [6.07, 6.45) is 0.300. The maximum Gasteiger partial charge on any atom is 0.227 e. The lowest BCUT2D eigenvalue weighted by atomic mass is 10.3. The van der Waals surface area contributed by atoms with Crippen molar-refractivity contribution in [1.82, 2.24) is 0 Å². The van der Waals surface area contributed by atoms with E-state index in [1.165, 1.54) is 0 Å². The van der Waals surface area contributed by atoms with E-state index in [9.17, 15) is 4.79 Å². The van der Waals surface area contributed by atoms with Gasteiger partial charge in [-0.25, -0.2) is 0 Å². The quantitative estimate of drug-likeness (QED) is 0.756. The fraction of sp³-hybridized carbons (Fsp3) is 0.133. The molecule has 0 aliphatic rings. The van der Waals surface area contributed by atoms with E-state index in [4.69, 9.17) is 16.3 Å².